The van der Waals surface area contributed by atoms with Crippen molar-refractivity contribution in [2.45, 2.75) is 19.3 Å². The number of nitrogens with zero attached hydrogens (tertiary/aromatic N) is 1. The van der Waals surface area contributed by atoms with Gasteiger partial charge in [0, 0.05) is 29.0 Å². The van der Waals surface area contributed by atoms with Crippen molar-refractivity contribution in [3.8, 4) is 0 Å². The molecule has 0 saturated carbocycles. The summed E-state index contributed by atoms with van der Waals surface area (Å²) in [5.41, 5.74) is 4.91. The predicted molar refractivity (Wildman–Crippen MR) is 91.5 cm³/mol. The molecule has 4 N–H and O–H groups in total. The summed E-state index contributed by atoms with van der Waals surface area (Å²) < 4.78 is 6.95. The normalized spacial score (nSPS) is 20.6. The molecule has 0 aliphatic carbocycles. The summed E-state index contributed by atoms with van der Waals surface area (Å²) in [6.07, 6.45) is 2.13. The number of aromatic amines is 1. The second-order valence-electron chi connectivity index (χ2n) is 4.44. The number of nitrogens with one attached hydrogen (secondary N) is 1. The Morgan fingerprint density at radius 2 is 2.23 bits per heavy atom. The van der Waals surface area contributed by atoms with Crippen molar-refractivity contribution in [3.63, 3.8) is 0 Å². The highest BCUT2D eigenvalue weighted by atomic mass is 35.5. The minimum absolute atomic E-state index is 0. The van der Waals surface area contributed by atoms with Crippen LogP contribution in [0.4, 0.5) is 0 Å². The van der Waals surface area contributed by atoms with Crippen molar-refractivity contribution in [2.75, 3.05) is 18.9 Å². The minimum Gasteiger partial charge on any atom is -0.393 e. The number of halogens is 1. The zero-order chi connectivity index (χ0) is 15.4. The first kappa shape index (κ1) is 19.3. The van der Waals surface area contributed by atoms with Gasteiger partial charge in [0.05, 0.1) is 6.61 Å². The zero-order valence-corrected chi connectivity index (χ0v) is 14.3. The van der Waals surface area contributed by atoms with E-state index in [1.54, 1.807) is 23.8 Å². The third kappa shape index (κ3) is 4.40. The van der Waals surface area contributed by atoms with Crippen LogP contribution in [0.25, 0.3) is 0 Å². The van der Waals surface area contributed by atoms with E-state index >= 15 is 0 Å². The number of ether oxygens (including phenoxy) is 1. The molecule has 0 saturated heterocycles. The van der Waals surface area contributed by atoms with Gasteiger partial charge in [-0.25, -0.2) is 4.79 Å². The predicted octanol–water partition coefficient (Wildman–Crippen LogP) is 0.381. The van der Waals surface area contributed by atoms with E-state index in [-0.39, 0.29) is 19.0 Å². The minimum atomic E-state index is -0.633. The topological polar surface area (TPSA) is 110 Å². The van der Waals surface area contributed by atoms with Crippen molar-refractivity contribution in [1.29, 1.82) is 0 Å². The van der Waals surface area contributed by atoms with Crippen LogP contribution in [-0.4, -0.2) is 39.7 Å². The highest BCUT2D eigenvalue weighted by Crippen LogP contribution is 2.39. The van der Waals surface area contributed by atoms with Crippen molar-refractivity contribution in [1.82, 2.24) is 9.55 Å². The van der Waals surface area contributed by atoms with E-state index in [9.17, 15) is 14.7 Å². The number of rotatable bonds is 6. The summed E-state index contributed by atoms with van der Waals surface area (Å²) in [6.45, 7) is 2.01. The lowest BCUT2D eigenvalue weighted by Gasteiger charge is -2.15. The molecular weight excluding hydrogens is 350 g/mol. The third-order valence-corrected chi connectivity index (χ3v) is 5.41. The maximum Gasteiger partial charge on any atom is 0.330 e. The van der Waals surface area contributed by atoms with Gasteiger partial charge in [-0.05, 0) is 13.0 Å². The van der Waals surface area contributed by atoms with Gasteiger partial charge in [-0.2, -0.15) is 0 Å². The van der Waals surface area contributed by atoms with E-state index < -0.39 is 23.6 Å². The molecule has 0 fully saturated rings. The highest BCUT2D eigenvalue weighted by molar-refractivity contribution is 8.78. The van der Waals surface area contributed by atoms with E-state index in [2.05, 4.69) is 4.98 Å². The molecular formula is C12H18ClN3O4S2. The molecule has 0 aromatic carbocycles. The summed E-state index contributed by atoms with van der Waals surface area (Å²) >= 11 is 0. The Kier molecular flexibility index (Phi) is 7.74. The molecule has 0 amide bonds. The second-order valence-corrected chi connectivity index (χ2v) is 6.93. The van der Waals surface area contributed by atoms with Crippen molar-refractivity contribution >= 4 is 34.0 Å². The van der Waals surface area contributed by atoms with Crippen LogP contribution in [0.3, 0.4) is 0 Å². The molecule has 0 bridgehead atoms. The average Bonchev–Trinajstić information content (AvgIpc) is 2.86. The number of aliphatic hydroxyl groups excluding tert-OH is 1. The summed E-state index contributed by atoms with van der Waals surface area (Å²) in [6, 6.07) is 0. The van der Waals surface area contributed by atoms with Gasteiger partial charge in [0.1, 0.15) is 6.10 Å². The van der Waals surface area contributed by atoms with E-state index in [1.807, 2.05) is 0 Å². The summed E-state index contributed by atoms with van der Waals surface area (Å²) in [4.78, 5) is 26.3. The van der Waals surface area contributed by atoms with Crippen LogP contribution < -0.4 is 17.0 Å². The fourth-order valence-corrected chi connectivity index (χ4v) is 3.98. The molecule has 2 rings (SSSR count). The molecule has 1 aromatic heterocycles. The van der Waals surface area contributed by atoms with Crippen LogP contribution in [-0.2, 0) is 4.74 Å². The van der Waals surface area contributed by atoms with Gasteiger partial charge in [0.25, 0.3) is 5.56 Å². The first-order chi connectivity index (χ1) is 10.1. The van der Waals surface area contributed by atoms with Gasteiger partial charge in [-0.1, -0.05) is 21.6 Å². The fourth-order valence-electron chi connectivity index (χ4n) is 1.82. The SMILES string of the molecule is Cc1cn([C@H]2C=C(SSCCN)[C@@H](CO)O2)c(=O)[nH]c1=O.Cl. The van der Waals surface area contributed by atoms with Crippen LogP contribution in [0.1, 0.15) is 11.8 Å². The third-order valence-electron chi connectivity index (χ3n) is 2.87. The maximum atomic E-state index is 11.8. The highest BCUT2D eigenvalue weighted by Gasteiger charge is 2.29. The fraction of sp³-hybridized carbons (Fsp3) is 0.500. The van der Waals surface area contributed by atoms with Gasteiger partial charge in [-0.3, -0.25) is 14.3 Å². The molecule has 0 radical (unpaired) electrons. The molecule has 1 aliphatic heterocycles. The van der Waals surface area contributed by atoms with Crippen LogP contribution in [0.5, 0.6) is 0 Å². The number of hydrogen-bond acceptors (Lipinski definition) is 7. The Hall–Kier alpha value is -0.710. The number of H-pyrrole nitrogens is 1. The number of aromatic nitrogens is 2. The number of aryl methyl sites for hydroxylation is 1. The van der Waals surface area contributed by atoms with Gasteiger partial charge in [0.2, 0.25) is 0 Å². The molecule has 1 aliphatic rings. The van der Waals surface area contributed by atoms with Crippen LogP contribution in [0.2, 0.25) is 0 Å². The van der Waals surface area contributed by atoms with Crippen molar-refractivity contribution in [3.05, 3.63) is 43.6 Å². The lowest BCUT2D eigenvalue weighted by Crippen LogP contribution is -2.33. The van der Waals surface area contributed by atoms with E-state index in [0.717, 1.165) is 10.7 Å². The molecule has 7 nitrogen and oxygen atoms in total. The summed E-state index contributed by atoms with van der Waals surface area (Å²) in [5.74, 6) is 0.780. The van der Waals surface area contributed by atoms with Crippen LogP contribution >= 0.6 is 34.0 Å². The van der Waals surface area contributed by atoms with Crippen LogP contribution in [0.15, 0.2) is 26.8 Å². The van der Waals surface area contributed by atoms with Crippen molar-refractivity contribution in [2.24, 2.45) is 5.73 Å². The van der Waals surface area contributed by atoms with E-state index in [4.69, 9.17) is 10.5 Å². The maximum absolute atomic E-state index is 11.8. The lowest BCUT2D eigenvalue weighted by molar-refractivity contribution is -0.0115. The summed E-state index contributed by atoms with van der Waals surface area (Å²) in [7, 11) is 3.04. The van der Waals surface area contributed by atoms with Crippen LogP contribution in [0, 0.1) is 6.92 Å². The molecule has 124 valence electrons. The smallest absolute Gasteiger partial charge is 0.330 e. The molecule has 0 spiro atoms. The largest absolute Gasteiger partial charge is 0.393 e. The number of nitrogens with two attached hydrogens (primary N) is 1. The Bertz CT molecular complexity index is 646. The standard InChI is InChI=1S/C12H17N3O4S2.ClH/c1-7-5-15(12(18)14-11(7)17)10-4-9(8(6-16)19-10)21-20-3-2-13;/h4-5,8,10,16H,2-3,6,13H2,1H3,(H,14,17,18);1H/t8-,10-;/m1./s1. The molecule has 10 heteroatoms. The average molecular weight is 368 g/mol. The van der Waals surface area contributed by atoms with E-state index in [0.29, 0.717) is 12.1 Å². The Morgan fingerprint density at radius 1 is 1.50 bits per heavy atom. The summed E-state index contributed by atoms with van der Waals surface area (Å²) in [5, 5.41) is 9.37. The molecule has 0 unspecified atom stereocenters. The number of aliphatic hydroxyl groups is 1. The zero-order valence-electron chi connectivity index (χ0n) is 11.9. The Morgan fingerprint density at radius 3 is 2.86 bits per heavy atom. The quantitative estimate of drug-likeness (QED) is 0.492. The Balaban J connectivity index is 0.00000242. The Labute approximate surface area is 141 Å². The molecule has 22 heavy (non-hydrogen) atoms. The van der Waals surface area contributed by atoms with Gasteiger partial charge in [-0.15, -0.1) is 12.4 Å². The molecule has 1 aromatic rings. The second kappa shape index (κ2) is 8.80. The lowest BCUT2D eigenvalue weighted by atomic mass is 10.3. The monoisotopic (exact) mass is 367 g/mol. The van der Waals surface area contributed by atoms with E-state index in [1.165, 1.54) is 21.6 Å². The first-order valence-corrected chi connectivity index (χ1v) is 8.68. The van der Waals surface area contributed by atoms with Gasteiger partial charge in [0.15, 0.2) is 6.23 Å². The molecule has 2 heterocycles. The van der Waals surface area contributed by atoms with Crippen molar-refractivity contribution < 1.29 is 9.84 Å². The molecule has 2 atom stereocenters. The van der Waals surface area contributed by atoms with Gasteiger partial charge < -0.3 is 15.6 Å². The number of hydrogen-bond donors (Lipinski definition) is 3. The van der Waals surface area contributed by atoms with Gasteiger partial charge >= 0.3 is 5.69 Å². The first-order valence-electron chi connectivity index (χ1n) is 6.36.